The number of nitrogens with zero attached hydrogens (tertiary/aromatic N) is 2. The summed E-state index contributed by atoms with van der Waals surface area (Å²) in [5.41, 5.74) is 0. The van der Waals surface area contributed by atoms with E-state index in [1.54, 1.807) is 0 Å². The Kier molecular flexibility index (Phi) is 13.1. The van der Waals surface area contributed by atoms with Crippen LogP contribution >= 0.6 is 0 Å². The fourth-order valence-electron chi connectivity index (χ4n) is 3.66. The van der Waals surface area contributed by atoms with Crippen LogP contribution in [0.2, 0.25) is 0 Å². The zero-order valence-corrected chi connectivity index (χ0v) is 16.9. The first-order valence-corrected chi connectivity index (χ1v) is 11.0. The predicted octanol–water partition coefficient (Wildman–Crippen LogP) is 6.92. The van der Waals surface area contributed by atoms with E-state index in [-0.39, 0.29) is 0 Å². The molecule has 0 N–H and O–H groups in total. The van der Waals surface area contributed by atoms with E-state index in [9.17, 15) is 0 Å². The van der Waals surface area contributed by atoms with Crippen LogP contribution in [0.1, 0.15) is 111 Å². The Bertz CT molecular complexity index is 282. The van der Waals surface area contributed by atoms with Crippen LogP contribution in [0.3, 0.4) is 0 Å². The fourth-order valence-corrected chi connectivity index (χ4v) is 3.66. The van der Waals surface area contributed by atoms with Gasteiger partial charge in [-0.1, -0.05) is 85.0 Å². The molecule has 0 aromatic heterocycles. The number of hydrogen-bond donors (Lipinski definition) is 0. The van der Waals surface area contributed by atoms with Gasteiger partial charge in [-0.2, -0.15) is 0 Å². The van der Waals surface area contributed by atoms with Crippen molar-refractivity contribution < 1.29 is 0 Å². The molecular weight excluding hydrogens is 292 g/mol. The summed E-state index contributed by atoms with van der Waals surface area (Å²) in [4.78, 5) is 5.20. The molecule has 0 saturated heterocycles. The largest absolute Gasteiger partial charge is 0.356 e. The maximum atomic E-state index is 2.60. The maximum Gasteiger partial charge on any atom is 0.101 e. The summed E-state index contributed by atoms with van der Waals surface area (Å²) in [5.74, 6) is 0. The van der Waals surface area contributed by atoms with Gasteiger partial charge in [0, 0.05) is 25.5 Å². The van der Waals surface area contributed by atoms with Gasteiger partial charge in [0.25, 0.3) is 0 Å². The maximum absolute atomic E-state index is 2.60. The Morgan fingerprint density at radius 2 is 0.958 bits per heavy atom. The molecule has 0 fully saturated rings. The second-order valence-electron chi connectivity index (χ2n) is 7.58. The van der Waals surface area contributed by atoms with Gasteiger partial charge in [0.2, 0.25) is 0 Å². The van der Waals surface area contributed by atoms with Crippen molar-refractivity contribution in [2.75, 3.05) is 13.1 Å². The Morgan fingerprint density at radius 1 is 0.542 bits per heavy atom. The third kappa shape index (κ3) is 8.99. The van der Waals surface area contributed by atoms with E-state index < -0.39 is 0 Å². The molecule has 0 amide bonds. The zero-order valence-electron chi connectivity index (χ0n) is 16.9. The molecule has 0 unspecified atom stereocenters. The smallest absolute Gasteiger partial charge is 0.101 e. The van der Waals surface area contributed by atoms with Crippen molar-refractivity contribution in [2.24, 2.45) is 0 Å². The Labute approximate surface area is 152 Å². The van der Waals surface area contributed by atoms with Gasteiger partial charge in [-0.25, -0.2) is 0 Å². The number of hydrogen-bond acceptors (Lipinski definition) is 2. The van der Waals surface area contributed by atoms with E-state index >= 15 is 0 Å². The molecule has 2 nitrogen and oxygen atoms in total. The van der Waals surface area contributed by atoms with Crippen molar-refractivity contribution in [3.8, 4) is 0 Å². The van der Waals surface area contributed by atoms with Gasteiger partial charge < -0.3 is 9.80 Å². The molecule has 0 aromatic rings. The van der Waals surface area contributed by atoms with Crippen LogP contribution < -0.4 is 0 Å². The van der Waals surface area contributed by atoms with Crippen LogP contribution in [0.25, 0.3) is 0 Å². The fraction of sp³-hybridized carbons (Fsp3) is 0.909. The quantitative estimate of drug-likeness (QED) is 0.282. The van der Waals surface area contributed by atoms with Crippen molar-refractivity contribution in [3.63, 3.8) is 0 Å². The highest BCUT2D eigenvalue weighted by Crippen LogP contribution is 2.23. The van der Waals surface area contributed by atoms with Crippen molar-refractivity contribution in [2.45, 2.75) is 117 Å². The summed E-state index contributed by atoms with van der Waals surface area (Å²) >= 11 is 0. The molecule has 0 aromatic carbocycles. The molecule has 1 aliphatic rings. The van der Waals surface area contributed by atoms with Crippen LogP contribution in [-0.2, 0) is 0 Å². The van der Waals surface area contributed by atoms with E-state index in [1.807, 2.05) is 0 Å². The highest BCUT2D eigenvalue weighted by atomic mass is 15.4. The van der Waals surface area contributed by atoms with Crippen LogP contribution in [0, 0.1) is 0 Å². The van der Waals surface area contributed by atoms with Crippen LogP contribution in [0.15, 0.2) is 12.4 Å². The standard InChI is InChI=1S/C22H44N2/c1-4-7-10-11-12-13-14-15-16-17-22-23(18-8-5-2)20-21-24(22)19-9-6-3/h20-22H,4-19H2,1-3H3. The first kappa shape index (κ1) is 21.4. The van der Waals surface area contributed by atoms with Crippen LogP contribution in [0.4, 0.5) is 0 Å². The molecule has 1 aliphatic heterocycles. The summed E-state index contributed by atoms with van der Waals surface area (Å²) in [6.45, 7) is 9.36. The topological polar surface area (TPSA) is 6.48 Å². The molecule has 2 heteroatoms. The first-order valence-electron chi connectivity index (χ1n) is 11.0. The summed E-state index contributed by atoms with van der Waals surface area (Å²) in [6.07, 6.45) is 24.8. The van der Waals surface area contributed by atoms with E-state index in [0.29, 0.717) is 6.17 Å². The average Bonchev–Trinajstić information content (AvgIpc) is 2.98. The molecule has 0 aliphatic carbocycles. The molecule has 0 radical (unpaired) electrons. The van der Waals surface area contributed by atoms with E-state index in [4.69, 9.17) is 0 Å². The Morgan fingerprint density at radius 3 is 1.42 bits per heavy atom. The summed E-state index contributed by atoms with van der Waals surface area (Å²) in [5, 5.41) is 0. The van der Waals surface area contributed by atoms with Gasteiger partial charge in [-0.3, -0.25) is 0 Å². The summed E-state index contributed by atoms with van der Waals surface area (Å²) in [7, 11) is 0. The molecule has 0 spiro atoms. The molecular formula is C22H44N2. The zero-order chi connectivity index (χ0) is 17.5. The lowest BCUT2D eigenvalue weighted by atomic mass is 10.1. The van der Waals surface area contributed by atoms with Crippen molar-refractivity contribution in [1.82, 2.24) is 9.80 Å². The van der Waals surface area contributed by atoms with Gasteiger partial charge in [0.05, 0.1) is 0 Å². The molecule has 0 atom stereocenters. The third-order valence-electron chi connectivity index (χ3n) is 5.32. The second kappa shape index (κ2) is 14.7. The lowest BCUT2D eigenvalue weighted by Gasteiger charge is -2.33. The Hall–Kier alpha value is -0.660. The monoisotopic (exact) mass is 336 g/mol. The number of rotatable bonds is 16. The molecule has 1 rings (SSSR count). The van der Waals surface area contributed by atoms with Crippen molar-refractivity contribution >= 4 is 0 Å². The second-order valence-corrected chi connectivity index (χ2v) is 7.58. The first-order chi connectivity index (χ1) is 11.8. The molecule has 1 heterocycles. The minimum absolute atomic E-state index is 0.646. The lowest BCUT2D eigenvalue weighted by molar-refractivity contribution is 0.136. The average molecular weight is 337 g/mol. The van der Waals surface area contributed by atoms with Crippen molar-refractivity contribution in [3.05, 3.63) is 12.4 Å². The van der Waals surface area contributed by atoms with Gasteiger partial charge in [-0.05, 0) is 25.7 Å². The van der Waals surface area contributed by atoms with Crippen molar-refractivity contribution in [1.29, 1.82) is 0 Å². The van der Waals surface area contributed by atoms with Gasteiger partial charge >= 0.3 is 0 Å². The molecule has 24 heavy (non-hydrogen) atoms. The molecule has 142 valence electrons. The summed E-state index contributed by atoms with van der Waals surface area (Å²) in [6, 6.07) is 0. The number of unbranched alkanes of at least 4 members (excludes halogenated alkanes) is 10. The highest BCUT2D eigenvalue weighted by molar-refractivity contribution is 4.96. The lowest BCUT2D eigenvalue weighted by Crippen LogP contribution is -2.39. The van der Waals surface area contributed by atoms with Crippen LogP contribution in [0.5, 0.6) is 0 Å². The SMILES string of the molecule is CCCCCCCCCCCC1N(CCCC)C=CN1CCCC. The highest BCUT2D eigenvalue weighted by Gasteiger charge is 2.24. The van der Waals surface area contributed by atoms with E-state index in [0.717, 1.165) is 0 Å². The van der Waals surface area contributed by atoms with Gasteiger partial charge in [0.1, 0.15) is 6.17 Å². The van der Waals surface area contributed by atoms with Gasteiger partial charge in [-0.15, -0.1) is 0 Å². The summed E-state index contributed by atoms with van der Waals surface area (Å²) < 4.78 is 0. The Balaban J connectivity index is 2.17. The van der Waals surface area contributed by atoms with Gasteiger partial charge in [0.15, 0.2) is 0 Å². The normalized spacial score (nSPS) is 15.0. The van der Waals surface area contributed by atoms with Crippen LogP contribution in [-0.4, -0.2) is 29.1 Å². The molecule has 0 saturated carbocycles. The minimum atomic E-state index is 0.646. The van der Waals surface area contributed by atoms with E-state index in [1.165, 1.54) is 103 Å². The molecule has 0 bridgehead atoms. The minimum Gasteiger partial charge on any atom is -0.356 e. The predicted molar refractivity (Wildman–Crippen MR) is 108 cm³/mol. The van der Waals surface area contributed by atoms with E-state index in [2.05, 4.69) is 43.0 Å². The third-order valence-corrected chi connectivity index (χ3v) is 5.32.